The Bertz CT molecular complexity index is 846. The van der Waals surface area contributed by atoms with Crippen molar-refractivity contribution in [1.29, 1.82) is 5.26 Å². The Morgan fingerprint density at radius 3 is 2.60 bits per heavy atom. The van der Waals surface area contributed by atoms with E-state index in [4.69, 9.17) is 5.26 Å². The summed E-state index contributed by atoms with van der Waals surface area (Å²) in [5, 5.41) is 11.3. The van der Waals surface area contributed by atoms with Crippen LogP contribution in [0.15, 0.2) is 42.5 Å². The van der Waals surface area contributed by atoms with Crippen molar-refractivity contribution >= 4 is 11.9 Å². The normalized spacial score (nSPS) is 11.3. The van der Waals surface area contributed by atoms with Gasteiger partial charge in [0.25, 0.3) is 5.91 Å². The highest BCUT2D eigenvalue weighted by Gasteiger charge is 2.23. The number of amides is 1. The molecule has 0 aliphatic rings. The monoisotopic (exact) mass is 344 g/mol. The van der Waals surface area contributed by atoms with Crippen molar-refractivity contribution in [2.24, 2.45) is 0 Å². The van der Waals surface area contributed by atoms with Crippen molar-refractivity contribution in [1.82, 2.24) is 5.32 Å². The molecule has 0 unspecified atom stereocenters. The van der Waals surface area contributed by atoms with Crippen LogP contribution in [0.2, 0.25) is 0 Å². The molecule has 0 saturated carbocycles. The Labute approximate surface area is 142 Å². The zero-order chi connectivity index (χ0) is 18.4. The Balaban J connectivity index is 2.19. The first-order chi connectivity index (χ1) is 11.9. The first-order valence-electron chi connectivity index (χ1n) is 7.27. The van der Waals surface area contributed by atoms with Crippen molar-refractivity contribution in [3.63, 3.8) is 0 Å². The van der Waals surface area contributed by atoms with Gasteiger partial charge in [0.05, 0.1) is 18.7 Å². The van der Waals surface area contributed by atoms with Crippen LogP contribution >= 0.6 is 0 Å². The summed E-state index contributed by atoms with van der Waals surface area (Å²) in [7, 11) is 1.17. The maximum absolute atomic E-state index is 13.3. The van der Waals surface area contributed by atoms with Crippen LogP contribution in [0.1, 0.15) is 21.5 Å². The lowest BCUT2D eigenvalue weighted by Crippen LogP contribution is -2.43. The molecule has 0 aliphatic heterocycles. The average Bonchev–Trinajstić information content (AvgIpc) is 2.62. The fourth-order valence-electron chi connectivity index (χ4n) is 2.22. The van der Waals surface area contributed by atoms with E-state index < -0.39 is 29.6 Å². The highest BCUT2D eigenvalue weighted by molar-refractivity contribution is 5.96. The Hall–Kier alpha value is -3.27. The van der Waals surface area contributed by atoms with Gasteiger partial charge in [-0.25, -0.2) is 13.6 Å². The third-order valence-corrected chi connectivity index (χ3v) is 3.47. The largest absolute Gasteiger partial charge is 0.467 e. The van der Waals surface area contributed by atoms with E-state index >= 15 is 0 Å². The predicted molar refractivity (Wildman–Crippen MR) is 84.5 cm³/mol. The van der Waals surface area contributed by atoms with Crippen LogP contribution in [0.5, 0.6) is 0 Å². The van der Waals surface area contributed by atoms with Crippen LogP contribution in [-0.2, 0) is 16.0 Å². The molecule has 5 nitrogen and oxygen atoms in total. The number of esters is 1. The molecule has 2 aromatic carbocycles. The van der Waals surface area contributed by atoms with Gasteiger partial charge in [-0.1, -0.05) is 12.1 Å². The fourth-order valence-corrected chi connectivity index (χ4v) is 2.22. The number of nitriles is 1. The van der Waals surface area contributed by atoms with Crippen LogP contribution < -0.4 is 5.32 Å². The Morgan fingerprint density at radius 2 is 1.96 bits per heavy atom. The number of hydrogen-bond acceptors (Lipinski definition) is 4. The van der Waals surface area contributed by atoms with E-state index in [-0.39, 0.29) is 12.0 Å². The summed E-state index contributed by atoms with van der Waals surface area (Å²) < 4.78 is 30.9. The summed E-state index contributed by atoms with van der Waals surface area (Å²) in [5.41, 5.74) is 0.923. The summed E-state index contributed by atoms with van der Waals surface area (Å²) in [6, 6.07) is 10.2. The lowest BCUT2D eigenvalue weighted by atomic mass is 10.0. The zero-order valence-electron chi connectivity index (χ0n) is 13.3. The van der Waals surface area contributed by atoms with Gasteiger partial charge < -0.3 is 10.1 Å². The number of methoxy groups -OCH3 is 1. The zero-order valence-corrected chi connectivity index (χ0v) is 13.3. The molecule has 0 radical (unpaired) electrons. The topological polar surface area (TPSA) is 79.2 Å². The molecule has 128 valence electrons. The number of carbonyl (C=O) groups is 2. The van der Waals surface area contributed by atoms with Crippen LogP contribution in [0.25, 0.3) is 0 Å². The number of halogens is 2. The van der Waals surface area contributed by atoms with Gasteiger partial charge in [-0.2, -0.15) is 5.26 Å². The van der Waals surface area contributed by atoms with E-state index in [0.717, 1.165) is 18.2 Å². The first-order valence-corrected chi connectivity index (χ1v) is 7.27. The van der Waals surface area contributed by atoms with Gasteiger partial charge >= 0.3 is 5.97 Å². The summed E-state index contributed by atoms with van der Waals surface area (Å²) in [4.78, 5) is 24.1. The molecule has 0 spiro atoms. The van der Waals surface area contributed by atoms with E-state index in [2.05, 4.69) is 10.1 Å². The minimum absolute atomic E-state index is 0.0810. The standard InChI is InChI=1S/C18H14F2N2O3/c1-25-18(24)16(8-11-3-2-4-12(7-11)10-21)22-17(23)13-5-6-14(19)15(20)9-13/h2-7,9,16H,8H2,1H3,(H,22,23)/t16-/m0/s1. The summed E-state index contributed by atoms with van der Waals surface area (Å²) in [5.74, 6) is -3.68. The second kappa shape index (κ2) is 8.02. The molecule has 0 bridgehead atoms. The van der Waals surface area contributed by atoms with Crippen molar-refractivity contribution in [3.8, 4) is 6.07 Å². The number of ether oxygens (including phenoxy) is 1. The number of carbonyl (C=O) groups excluding carboxylic acids is 2. The summed E-state index contributed by atoms with van der Waals surface area (Å²) >= 11 is 0. The van der Waals surface area contributed by atoms with Crippen molar-refractivity contribution in [2.75, 3.05) is 7.11 Å². The number of hydrogen-bond donors (Lipinski definition) is 1. The molecular weight excluding hydrogens is 330 g/mol. The SMILES string of the molecule is COC(=O)[C@H](Cc1cccc(C#N)c1)NC(=O)c1ccc(F)c(F)c1. The van der Waals surface area contributed by atoms with Gasteiger partial charge in [0.2, 0.25) is 0 Å². The highest BCUT2D eigenvalue weighted by atomic mass is 19.2. The van der Waals surface area contributed by atoms with Crippen molar-refractivity contribution in [2.45, 2.75) is 12.5 Å². The molecule has 1 amide bonds. The second-order valence-corrected chi connectivity index (χ2v) is 5.19. The van der Waals surface area contributed by atoms with Crippen LogP contribution in [0, 0.1) is 23.0 Å². The summed E-state index contributed by atoms with van der Waals surface area (Å²) in [6.07, 6.45) is 0.0810. The quantitative estimate of drug-likeness (QED) is 0.845. The highest BCUT2D eigenvalue weighted by Crippen LogP contribution is 2.11. The molecule has 1 atom stereocenters. The van der Waals surface area contributed by atoms with E-state index in [1.165, 1.54) is 7.11 Å². The maximum Gasteiger partial charge on any atom is 0.328 e. The Morgan fingerprint density at radius 1 is 1.20 bits per heavy atom. The molecule has 0 heterocycles. The molecule has 1 N–H and O–H groups in total. The molecule has 0 aromatic heterocycles. The lowest BCUT2D eigenvalue weighted by molar-refractivity contribution is -0.142. The average molecular weight is 344 g/mol. The molecule has 0 fully saturated rings. The smallest absolute Gasteiger partial charge is 0.328 e. The second-order valence-electron chi connectivity index (χ2n) is 5.19. The lowest BCUT2D eigenvalue weighted by Gasteiger charge is -2.17. The Kier molecular flexibility index (Phi) is 5.79. The van der Waals surface area contributed by atoms with Crippen molar-refractivity contribution < 1.29 is 23.1 Å². The summed E-state index contributed by atoms with van der Waals surface area (Å²) in [6.45, 7) is 0. The van der Waals surface area contributed by atoms with Gasteiger partial charge in [-0.15, -0.1) is 0 Å². The third kappa shape index (κ3) is 4.61. The van der Waals surface area contributed by atoms with E-state index in [0.29, 0.717) is 11.1 Å². The molecular formula is C18H14F2N2O3. The van der Waals surface area contributed by atoms with Gasteiger partial charge in [-0.05, 0) is 35.9 Å². The maximum atomic E-state index is 13.3. The fraction of sp³-hybridized carbons (Fsp3) is 0.167. The third-order valence-electron chi connectivity index (χ3n) is 3.47. The van der Waals surface area contributed by atoms with E-state index in [9.17, 15) is 18.4 Å². The molecule has 0 saturated heterocycles. The van der Waals surface area contributed by atoms with E-state index in [1.807, 2.05) is 6.07 Å². The molecule has 25 heavy (non-hydrogen) atoms. The van der Waals surface area contributed by atoms with Gasteiger partial charge in [0, 0.05) is 12.0 Å². The molecule has 2 rings (SSSR count). The van der Waals surface area contributed by atoms with Crippen LogP contribution in [-0.4, -0.2) is 25.0 Å². The van der Waals surface area contributed by atoms with Gasteiger partial charge in [0.1, 0.15) is 6.04 Å². The predicted octanol–water partition coefficient (Wildman–Crippen LogP) is 2.35. The number of benzene rings is 2. The number of rotatable bonds is 5. The molecule has 7 heteroatoms. The van der Waals surface area contributed by atoms with E-state index in [1.54, 1.807) is 24.3 Å². The van der Waals surface area contributed by atoms with Gasteiger partial charge in [-0.3, -0.25) is 4.79 Å². The molecule has 0 aliphatic carbocycles. The molecule has 2 aromatic rings. The van der Waals surface area contributed by atoms with Crippen LogP contribution in [0.4, 0.5) is 8.78 Å². The van der Waals surface area contributed by atoms with Crippen LogP contribution in [0.3, 0.4) is 0 Å². The first kappa shape index (κ1) is 18.1. The number of nitrogens with one attached hydrogen (secondary N) is 1. The minimum Gasteiger partial charge on any atom is -0.467 e. The number of nitrogens with zero attached hydrogens (tertiary/aromatic N) is 1. The minimum atomic E-state index is -1.16. The van der Waals surface area contributed by atoms with Crippen molar-refractivity contribution in [3.05, 3.63) is 70.8 Å². The van der Waals surface area contributed by atoms with Gasteiger partial charge in [0.15, 0.2) is 11.6 Å².